The van der Waals surface area contributed by atoms with E-state index >= 15 is 0 Å². The van der Waals surface area contributed by atoms with E-state index in [1.807, 2.05) is 62.4 Å². The number of thiocarbonyl (C=S) groups is 1. The first-order chi connectivity index (χ1) is 19.2. The number of hydrogen-bond donors (Lipinski definition) is 2. The van der Waals surface area contributed by atoms with Gasteiger partial charge in [0.15, 0.2) is 5.11 Å². The normalized spacial score (nSPS) is 16.6. The van der Waals surface area contributed by atoms with Gasteiger partial charge in [-0.05, 0) is 86.6 Å². The third kappa shape index (κ3) is 4.93. The van der Waals surface area contributed by atoms with Crippen molar-refractivity contribution in [3.63, 3.8) is 0 Å². The Morgan fingerprint density at radius 1 is 1.12 bits per heavy atom. The molecule has 0 aliphatic carbocycles. The number of pyridine rings is 1. The summed E-state index contributed by atoms with van der Waals surface area (Å²) >= 11 is 12.5. The van der Waals surface area contributed by atoms with Crippen molar-refractivity contribution in [2.75, 3.05) is 17.3 Å². The molecule has 9 heteroatoms. The molecule has 2 N–H and O–H groups in total. The first kappa shape index (κ1) is 27.7. The van der Waals surface area contributed by atoms with Crippen LogP contribution in [0, 0.1) is 20.8 Å². The van der Waals surface area contributed by atoms with Crippen molar-refractivity contribution in [3.8, 4) is 11.4 Å². The third-order valence-electron chi connectivity index (χ3n) is 7.43. The number of carbonyl (C=O) groups is 1. The topological polar surface area (TPSA) is 71.4 Å². The summed E-state index contributed by atoms with van der Waals surface area (Å²) in [7, 11) is 1.59. The van der Waals surface area contributed by atoms with Crippen molar-refractivity contribution < 1.29 is 9.53 Å². The fourth-order valence-electron chi connectivity index (χ4n) is 5.42. The zero-order chi connectivity index (χ0) is 28.6. The molecule has 0 saturated carbocycles. The summed E-state index contributed by atoms with van der Waals surface area (Å²) < 4.78 is 7.92. The van der Waals surface area contributed by atoms with Gasteiger partial charge in [-0.1, -0.05) is 30.7 Å². The van der Waals surface area contributed by atoms with Gasteiger partial charge in [0, 0.05) is 46.5 Å². The minimum atomic E-state index is -0.206. The number of benzene rings is 2. The van der Waals surface area contributed by atoms with E-state index in [1.54, 1.807) is 13.3 Å². The average Bonchev–Trinajstić information content (AvgIpc) is 3.45. The Balaban J connectivity index is 1.66. The fourth-order valence-corrected chi connectivity index (χ4v) is 5.93. The van der Waals surface area contributed by atoms with Gasteiger partial charge in [-0.2, -0.15) is 0 Å². The van der Waals surface area contributed by atoms with Crippen molar-refractivity contribution in [3.05, 3.63) is 100 Å². The van der Waals surface area contributed by atoms with E-state index in [2.05, 4.69) is 51.1 Å². The number of hydrogen-bond acceptors (Lipinski definition) is 4. The number of carbonyl (C=O) groups excluding carboxylic acids is 1. The van der Waals surface area contributed by atoms with Gasteiger partial charge < -0.3 is 24.8 Å². The van der Waals surface area contributed by atoms with Gasteiger partial charge in [0.25, 0.3) is 0 Å². The van der Waals surface area contributed by atoms with Gasteiger partial charge in [-0.3, -0.25) is 9.78 Å². The molecule has 7 nitrogen and oxygen atoms in total. The lowest BCUT2D eigenvalue weighted by Gasteiger charge is -2.29. The van der Waals surface area contributed by atoms with Crippen molar-refractivity contribution in [2.45, 2.75) is 46.2 Å². The molecule has 1 aliphatic heterocycles. The number of halogens is 1. The van der Waals surface area contributed by atoms with E-state index in [0.717, 1.165) is 44.6 Å². The molecule has 0 spiro atoms. The Kier molecular flexibility index (Phi) is 7.83. The van der Waals surface area contributed by atoms with Crippen LogP contribution in [-0.4, -0.2) is 27.7 Å². The van der Waals surface area contributed by atoms with Crippen molar-refractivity contribution in [1.29, 1.82) is 0 Å². The number of aryl methyl sites for hydroxylation is 1. The zero-order valence-corrected chi connectivity index (χ0v) is 24.7. The number of aromatic nitrogens is 2. The quantitative estimate of drug-likeness (QED) is 0.232. The minimum Gasteiger partial charge on any atom is -0.494 e. The molecule has 2 aromatic carbocycles. The highest BCUT2D eigenvalue weighted by molar-refractivity contribution is 7.80. The van der Waals surface area contributed by atoms with Crippen molar-refractivity contribution >= 4 is 46.2 Å². The Morgan fingerprint density at radius 3 is 2.62 bits per heavy atom. The summed E-state index contributed by atoms with van der Waals surface area (Å²) in [4.78, 5) is 18.9. The number of nitrogens with zero attached hydrogens (tertiary/aromatic N) is 3. The van der Waals surface area contributed by atoms with E-state index < -0.39 is 0 Å². The number of rotatable bonds is 7. The number of ether oxygens (including phenoxy) is 1. The smallest absolute Gasteiger partial charge is 0.224 e. The monoisotopic (exact) mass is 573 g/mol. The predicted molar refractivity (Wildman–Crippen MR) is 165 cm³/mol. The van der Waals surface area contributed by atoms with E-state index in [-0.39, 0.29) is 18.0 Å². The van der Waals surface area contributed by atoms with Crippen LogP contribution in [-0.2, 0) is 4.79 Å². The number of methoxy groups -OCH3 is 1. The Morgan fingerprint density at radius 2 is 1.93 bits per heavy atom. The Bertz CT molecular complexity index is 1590. The number of anilines is 2. The molecule has 0 unspecified atom stereocenters. The minimum absolute atomic E-state index is 0.0822. The zero-order valence-electron chi connectivity index (χ0n) is 23.2. The molecule has 0 radical (unpaired) electrons. The summed E-state index contributed by atoms with van der Waals surface area (Å²) in [5.74, 6) is 0.475. The molecule has 1 fully saturated rings. The lowest BCUT2D eigenvalue weighted by atomic mass is 9.96. The molecule has 1 aliphatic rings. The summed E-state index contributed by atoms with van der Waals surface area (Å²) in [6, 6.07) is 19.4. The highest BCUT2D eigenvalue weighted by Gasteiger charge is 2.42. The Hall–Kier alpha value is -3.88. The molecule has 1 amide bonds. The van der Waals surface area contributed by atoms with Crippen LogP contribution >= 0.6 is 23.8 Å². The molecule has 2 atom stereocenters. The summed E-state index contributed by atoms with van der Waals surface area (Å²) in [6.45, 7) is 8.08. The maximum atomic E-state index is 12.1. The van der Waals surface area contributed by atoms with Gasteiger partial charge in [-0.15, -0.1) is 0 Å². The van der Waals surface area contributed by atoms with Crippen molar-refractivity contribution in [1.82, 2.24) is 14.9 Å². The second-order valence-electron chi connectivity index (χ2n) is 9.83. The van der Waals surface area contributed by atoms with Crippen LogP contribution in [0.1, 0.15) is 53.6 Å². The molecular weight excluding hydrogens is 542 g/mol. The molecule has 2 aromatic heterocycles. The van der Waals surface area contributed by atoms with Gasteiger partial charge in [-0.25, -0.2) is 0 Å². The molecule has 5 rings (SSSR count). The third-order valence-corrected chi connectivity index (χ3v) is 8.15. The van der Waals surface area contributed by atoms with E-state index in [1.165, 1.54) is 0 Å². The molecule has 40 heavy (non-hydrogen) atoms. The maximum absolute atomic E-state index is 12.1. The molecule has 3 heterocycles. The van der Waals surface area contributed by atoms with Crippen LogP contribution < -0.4 is 20.3 Å². The van der Waals surface area contributed by atoms with Gasteiger partial charge in [0.1, 0.15) is 5.75 Å². The molecular formula is C31H32ClN5O2S. The summed E-state index contributed by atoms with van der Waals surface area (Å²) in [5.41, 5.74) is 7.70. The second kappa shape index (κ2) is 11.3. The first-order valence-corrected chi connectivity index (χ1v) is 14.0. The van der Waals surface area contributed by atoms with E-state index in [0.29, 0.717) is 23.0 Å². The SMILES string of the molecule is CCC(=O)Nc1ccc(N2C(=S)N[C@@H](c3ccccn3)[C@H]2c2cc(C)n(-c3cccc(Cl)c3C)c2C)cc1OC. The molecule has 4 aromatic rings. The standard InChI is InChI=1S/C31H32ClN5O2S/c1-6-28(38)34-24-14-13-21(17-27(24)39-5)37-30(29(35-31(37)40)25-11-7-8-15-33-25)22-16-18(2)36(20(22)4)26-12-9-10-23(32)19(26)3/h7-17,29-30H,6H2,1-5H3,(H,34,38)(H,35,40)/t29-,30+/m0/s1. The van der Waals surface area contributed by atoms with Crippen molar-refractivity contribution in [2.24, 2.45) is 0 Å². The highest BCUT2D eigenvalue weighted by atomic mass is 35.5. The molecule has 0 bridgehead atoms. The van der Waals surface area contributed by atoms with Crippen LogP contribution in [0.3, 0.4) is 0 Å². The summed E-state index contributed by atoms with van der Waals surface area (Å²) in [6.07, 6.45) is 2.17. The van der Waals surface area contributed by atoms with Crippen LogP contribution in [0.15, 0.2) is 66.9 Å². The first-order valence-electron chi connectivity index (χ1n) is 13.2. The van der Waals surface area contributed by atoms with Crippen LogP contribution in [0.25, 0.3) is 5.69 Å². The van der Waals surface area contributed by atoms with Crippen LogP contribution in [0.5, 0.6) is 5.75 Å². The van der Waals surface area contributed by atoms with Gasteiger partial charge in [0.05, 0.1) is 30.6 Å². The van der Waals surface area contributed by atoms with Crippen LogP contribution in [0.2, 0.25) is 5.02 Å². The van der Waals surface area contributed by atoms with Crippen LogP contribution in [0.4, 0.5) is 11.4 Å². The largest absolute Gasteiger partial charge is 0.494 e. The molecule has 206 valence electrons. The molecule has 1 saturated heterocycles. The maximum Gasteiger partial charge on any atom is 0.224 e. The fraction of sp³-hybridized carbons (Fsp3) is 0.258. The predicted octanol–water partition coefficient (Wildman–Crippen LogP) is 6.99. The van der Waals surface area contributed by atoms with Gasteiger partial charge in [0.2, 0.25) is 5.91 Å². The van der Waals surface area contributed by atoms with Gasteiger partial charge >= 0.3 is 0 Å². The average molecular weight is 574 g/mol. The highest BCUT2D eigenvalue weighted by Crippen LogP contribution is 2.45. The number of amides is 1. The second-order valence-corrected chi connectivity index (χ2v) is 10.6. The van der Waals surface area contributed by atoms with E-state index in [9.17, 15) is 4.79 Å². The lowest BCUT2D eigenvalue weighted by Crippen LogP contribution is -2.29. The van der Waals surface area contributed by atoms with E-state index in [4.69, 9.17) is 28.6 Å². The summed E-state index contributed by atoms with van der Waals surface area (Å²) in [5, 5.41) is 7.75. The lowest BCUT2D eigenvalue weighted by molar-refractivity contribution is -0.115. The number of nitrogens with one attached hydrogen (secondary N) is 2. The Labute approximate surface area is 245 Å².